The Labute approximate surface area is 90.6 Å². The van der Waals surface area contributed by atoms with Gasteiger partial charge in [-0.15, -0.1) is 5.10 Å². The summed E-state index contributed by atoms with van der Waals surface area (Å²) in [6, 6.07) is -0.00773. The molecule has 0 saturated carbocycles. The zero-order valence-corrected chi connectivity index (χ0v) is 9.68. The Bertz CT molecular complexity index is 287. The molecule has 0 aliphatic carbocycles. The lowest BCUT2D eigenvalue weighted by Crippen LogP contribution is -2.38. The van der Waals surface area contributed by atoms with E-state index >= 15 is 0 Å². The van der Waals surface area contributed by atoms with Crippen molar-refractivity contribution >= 4 is 0 Å². The number of methoxy groups -OCH3 is 1. The topological polar surface area (TPSA) is 66.0 Å². The molecule has 0 aliphatic heterocycles. The molecule has 5 heteroatoms. The average molecular weight is 212 g/mol. The molecule has 1 aromatic heterocycles. The fraction of sp³-hybridized carbons (Fsp3) is 0.800. The van der Waals surface area contributed by atoms with Gasteiger partial charge in [-0.05, 0) is 6.42 Å². The molecule has 2 N–H and O–H groups in total. The number of hydrogen-bond acceptors (Lipinski definition) is 4. The molecule has 5 nitrogen and oxygen atoms in total. The molecule has 0 radical (unpaired) electrons. The van der Waals surface area contributed by atoms with Crippen molar-refractivity contribution in [2.24, 2.45) is 12.8 Å². The molecule has 86 valence electrons. The van der Waals surface area contributed by atoms with Gasteiger partial charge >= 0.3 is 0 Å². The van der Waals surface area contributed by atoms with Crippen molar-refractivity contribution in [3.8, 4) is 0 Å². The fourth-order valence-electron chi connectivity index (χ4n) is 1.65. The molecule has 0 fully saturated rings. The molecule has 0 saturated heterocycles. The van der Waals surface area contributed by atoms with E-state index in [9.17, 15) is 0 Å². The van der Waals surface area contributed by atoms with Crippen molar-refractivity contribution in [3.63, 3.8) is 0 Å². The molecule has 0 spiro atoms. The quantitative estimate of drug-likeness (QED) is 0.745. The van der Waals surface area contributed by atoms with Crippen LogP contribution in [0.1, 0.15) is 25.5 Å². The van der Waals surface area contributed by atoms with Crippen molar-refractivity contribution in [1.82, 2.24) is 15.0 Å². The molecular weight excluding hydrogens is 192 g/mol. The number of nitrogens with zero attached hydrogens (tertiary/aromatic N) is 3. The Morgan fingerprint density at radius 1 is 1.60 bits per heavy atom. The fourth-order valence-corrected chi connectivity index (χ4v) is 1.65. The standard InChI is InChI=1S/C10H20N4O/c1-4-5-10(15-3)9(11)6-8-7-14(2)13-12-8/h7,9-10H,4-6,11H2,1-3H3. The summed E-state index contributed by atoms with van der Waals surface area (Å²) in [6.07, 6.45) is 4.77. The highest BCUT2D eigenvalue weighted by Crippen LogP contribution is 2.08. The lowest BCUT2D eigenvalue weighted by molar-refractivity contribution is 0.0724. The molecule has 0 bridgehead atoms. The van der Waals surface area contributed by atoms with E-state index in [0.717, 1.165) is 18.5 Å². The summed E-state index contributed by atoms with van der Waals surface area (Å²) in [4.78, 5) is 0. The summed E-state index contributed by atoms with van der Waals surface area (Å²) in [5, 5.41) is 7.88. The van der Waals surface area contributed by atoms with Gasteiger partial charge in [0.25, 0.3) is 0 Å². The minimum atomic E-state index is -0.00773. The minimum Gasteiger partial charge on any atom is -0.380 e. The predicted molar refractivity (Wildman–Crippen MR) is 58.4 cm³/mol. The number of rotatable bonds is 6. The Morgan fingerprint density at radius 3 is 2.80 bits per heavy atom. The maximum Gasteiger partial charge on any atom is 0.0843 e. The Hall–Kier alpha value is -0.940. The van der Waals surface area contributed by atoms with Crippen LogP contribution in [-0.4, -0.2) is 34.2 Å². The lowest BCUT2D eigenvalue weighted by Gasteiger charge is -2.21. The van der Waals surface area contributed by atoms with Crippen molar-refractivity contribution < 1.29 is 4.74 Å². The van der Waals surface area contributed by atoms with Gasteiger partial charge in [-0.2, -0.15) is 0 Å². The maximum atomic E-state index is 6.05. The van der Waals surface area contributed by atoms with Gasteiger partial charge in [0.05, 0.1) is 11.8 Å². The van der Waals surface area contributed by atoms with E-state index in [1.54, 1.807) is 11.8 Å². The number of ether oxygens (including phenoxy) is 1. The monoisotopic (exact) mass is 212 g/mol. The summed E-state index contributed by atoms with van der Waals surface area (Å²) in [6.45, 7) is 2.13. The third kappa shape index (κ3) is 3.60. The predicted octanol–water partition coefficient (Wildman–Crippen LogP) is 0.500. The number of aromatic nitrogens is 3. The number of nitrogens with two attached hydrogens (primary N) is 1. The minimum absolute atomic E-state index is 0.00773. The summed E-state index contributed by atoms with van der Waals surface area (Å²) in [7, 11) is 3.55. The lowest BCUT2D eigenvalue weighted by atomic mass is 10.0. The summed E-state index contributed by atoms with van der Waals surface area (Å²) in [5.74, 6) is 0. The van der Waals surface area contributed by atoms with Gasteiger partial charge in [-0.25, -0.2) is 0 Å². The van der Waals surface area contributed by atoms with E-state index in [1.165, 1.54) is 0 Å². The molecular formula is C10H20N4O. The SMILES string of the molecule is CCCC(OC)C(N)Cc1cn(C)nn1. The van der Waals surface area contributed by atoms with Crippen LogP contribution in [0.5, 0.6) is 0 Å². The molecule has 0 amide bonds. The first-order chi connectivity index (χ1) is 7.17. The molecule has 0 aromatic carbocycles. The van der Waals surface area contributed by atoms with Crippen molar-refractivity contribution in [2.45, 2.75) is 38.3 Å². The van der Waals surface area contributed by atoms with Crippen molar-refractivity contribution in [3.05, 3.63) is 11.9 Å². The Morgan fingerprint density at radius 2 is 2.33 bits per heavy atom. The van der Waals surface area contributed by atoms with Gasteiger partial charge in [0.2, 0.25) is 0 Å². The Kier molecular flexibility index (Phi) is 4.71. The molecule has 1 heterocycles. The van der Waals surface area contributed by atoms with Gasteiger partial charge in [0, 0.05) is 32.8 Å². The highest BCUT2D eigenvalue weighted by atomic mass is 16.5. The maximum absolute atomic E-state index is 6.05. The molecule has 15 heavy (non-hydrogen) atoms. The van der Waals surface area contributed by atoms with Crippen molar-refractivity contribution in [1.29, 1.82) is 0 Å². The van der Waals surface area contributed by atoms with Gasteiger partial charge in [0.15, 0.2) is 0 Å². The normalized spacial score (nSPS) is 15.2. The van der Waals surface area contributed by atoms with Gasteiger partial charge < -0.3 is 10.5 Å². The largest absolute Gasteiger partial charge is 0.380 e. The van der Waals surface area contributed by atoms with Crippen LogP contribution >= 0.6 is 0 Å². The molecule has 1 aromatic rings. The van der Waals surface area contributed by atoms with Crippen LogP contribution in [0, 0.1) is 0 Å². The second kappa shape index (κ2) is 5.82. The van der Waals surface area contributed by atoms with Crippen LogP contribution < -0.4 is 5.73 Å². The summed E-state index contributed by atoms with van der Waals surface area (Å²) >= 11 is 0. The van der Waals surface area contributed by atoms with E-state index in [1.807, 2.05) is 13.2 Å². The number of hydrogen-bond donors (Lipinski definition) is 1. The third-order valence-electron chi connectivity index (χ3n) is 2.45. The van der Waals surface area contributed by atoms with E-state index in [2.05, 4.69) is 17.2 Å². The molecule has 2 unspecified atom stereocenters. The second-order valence-corrected chi connectivity index (χ2v) is 3.81. The summed E-state index contributed by atoms with van der Waals surface area (Å²) in [5.41, 5.74) is 6.97. The molecule has 1 rings (SSSR count). The van der Waals surface area contributed by atoms with Crippen LogP contribution in [0.2, 0.25) is 0 Å². The first-order valence-corrected chi connectivity index (χ1v) is 5.31. The summed E-state index contributed by atoms with van der Waals surface area (Å²) < 4.78 is 7.04. The molecule has 0 aliphatic rings. The van der Waals surface area contributed by atoms with Crippen LogP contribution in [0.25, 0.3) is 0 Å². The zero-order valence-electron chi connectivity index (χ0n) is 9.68. The van der Waals surface area contributed by atoms with E-state index in [-0.39, 0.29) is 12.1 Å². The first kappa shape index (κ1) is 12.1. The van der Waals surface area contributed by atoms with Crippen molar-refractivity contribution in [2.75, 3.05) is 7.11 Å². The van der Waals surface area contributed by atoms with E-state index in [0.29, 0.717) is 6.42 Å². The highest BCUT2D eigenvalue weighted by molar-refractivity contribution is 4.96. The second-order valence-electron chi connectivity index (χ2n) is 3.81. The smallest absolute Gasteiger partial charge is 0.0843 e. The average Bonchev–Trinajstić information content (AvgIpc) is 2.60. The highest BCUT2D eigenvalue weighted by Gasteiger charge is 2.17. The molecule has 2 atom stereocenters. The third-order valence-corrected chi connectivity index (χ3v) is 2.45. The van der Waals surface area contributed by atoms with E-state index < -0.39 is 0 Å². The number of aryl methyl sites for hydroxylation is 1. The van der Waals surface area contributed by atoms with Crippen LogP contribution in [-0.2, 0) is 18.2 Å². The zero-order chi connectivity index (χ0) is 11.3. The van der Waals surface area contributed by atoms with Gasteiger partial charge in [-0.3, -0.25) is 4.68 Å². The van der Waals surface area contributed by atoms with Gasteiger partial charge in [0.1, 0.15) is 0 Å². The van der Waals surface area contributed by atoms with Crippen LogP contribution in [0.4, 0.5) is 0 Å². The Balaban J connectivity index is 2.49. The first-order valence-electron chi connectivity index (χ1n) is 5.31. The van der Waals surface area contributed by atoms with E-state index in [4.69, 9.17) is 10.5 Å². The van der Waals surface area contributed by atoms with Gasteiger partial charge in [-0.1, -0.05) is 18.6 Å². The van der Waals surface area contributed by atoms with Crippen LogP contribution in [0.15, 0.2) is 6.20 Å². The van der Waals surface area contributed by atoms with Crippen LogP contribution in [0.3, 0.4) is 0 Å².